The molecule has 1 heterocycles. The van der Waals surface area contributed by atoms with Gasteiger partial charge in [0, 0.05) is 20.9 Å². The van der Waals surface area contributed by atoms with Gasteiger partial charge in [0.25, 0.3) is 0 Å². The zero-order chi connectivity index (χ0) is 11.5. The van der Waals surface area contributed by atoms with Crippen LogP contribution in [0, 0.1) is 10.5 Å². The molecule has 2 rings (SSSR count). The first-order valence-electron chi connectivity index (χ1n) is 5.21. The van der Waals surface area contributed by atoms with Gasteiger partial charge in [-0.2, -0.15) is 0 Å². The molecule has 0 radical (unpaired) electrons. The molecule has 0 spiro atoms. The van der Waals surface area contributed by atoms with Gasteiger partial charge in [-0.15, -0.1) is 11.3 Å². The van der Waals surface area contributed by atoms with E-state index in [9.17, 15) is 0 Å². The second-order valence-corrected chi connectivity index (χ2v) is 5.98. The lowest BCUT2D eigenvalue weighted by Gasteiger charge is -2.14. The van der Waals surface area contributed by atoms with E-state index < -0.39 is 0 Å². The summed E-state index contributed by atoms with van der Waals surface area (Å²) in [4.78, 5) is 1.35. The van der Waals surface area contributed by atoms with Crippen molar-refractivity contribution in [2.24, 2.45) is 5.73 Å². The van der Waals surface area contributed by atoms with Crippen LogP contribution < -0.4 is 5.73 Å². The first kappa shape index (κ1) is 12.1. The summed E-state index contributed by atoms with van der Waals surface area (Å²) in [5.41, 5.74) is 8.82. The van der Waals surface area contributed by atoms with E-state index in [0.717, 1.165) is 6.42 Å². The normalized spacial score (nSPS) is 12.7. The Bertz CT molecular complexity index is 465. The van der Waals surface area contributed by atoms with E-state index in [2.05, 4.69) is 65.2 Å². The summed E-state index contributed by atoms with van der Waals surface area (Å²) in [6.45, 7) is 2.13. The second-order valence-electron chi connectivity index (χ2n) is 3.87. The molecule has 0 amide bonds. The third-order valence-corrected chi connectivity index (χ3v) is 4.99. The van der Waals surface area contributed by atoms with Gasteiger partial charge < -0.3 is 5.73 Å². The van der Waals surface area contributed by atoms with E-state index in [1.807, 2.05) is 0 Å². The summed E-state index contributed by atoms with van der Waals surface area (Å²) in [5, 5.41) is 2.10. The Balaban J connectivity index is 2.21. The molecule has 0 aliphatic heterocycles. The molecular weight excluding hydrogens is 329 g/mol. The topological polar surface area (TPSA) is 26.0 Å². The van der Waals surface area contributed by atoms with Gasteiger partial charge in [0.05, 0.1) is 0 Å². The molecule has 16 heavy (non-hydrogen) atoms. The highest BCUT2D eigenvalue weighted by Gasteiger charge is 2.11. The molecule has 84 valence electrons. The number of nitrogens with two attached hydrogens (primary N) is 1. The van der Waals surface area contributed by atoms with Crippen molar-refractivity contribution in [2.75, 3.05) is 0 Å². The van der Waals surface area contributed by atoms with Crippen molar-refractivity contribution in [3.05, 3.63) is 55.3 Å². The summed E-state index contributed by atoms with van der Waals surface area (Å²) in [6.07, 6.45) is 0.928. The summed E-state index contributed by atoms with van der Waals surface area (Å²) in [7, 11) is 0. The minimum absolute atomic E-state index is 0.102. The smallest absolute Gasteiger partial charge is 0.0354 e. The van der Waals surface area contributed by atoms with Gasteiger partial charge in [-0.25, -0.2) is 0 Å². The lowest BCUT2D eigenvalue weighted by Crippen LogP contribution is -2.14. The van der Waals surface area contributed by atoms with Crippen LogP contribution in [0.5, 0.6) is 0 Å². The first-order chi connectivity index (χ1) is 7.68. The fourth-order valence-electron chi connectivity index (χ4n) is 1.71. The largest absolute Gasteiger partial charge is 0.324 e. The molecule has 0 aliphatic carbocycles. The monoisotopic (exact) mass is 343 g/mol. The van der Waals surface area contributed by atoms with Crippen LogP contribution in [0.15, 0.2) is 35.7 Å². The Morgan fingerprint density at radius 3 is 2.81 bits per heavy atom. The number of rotatable bonds is 3. The predicted octanol–water partition coefficient (Wildman–Crippen LogP) is 3.90. The summed E-state index contributed by atoms with van der Waals surface area (Å²) >= 11 is 4.16. The molecule has 2 aromatic rings. The minimum Gasteiger partial charge on any atom is -0.324 e. The van der Waals surface area contributed by atoms with Crippen LogP contribution in [0.4, 0.5) is 0 Å². The van der Waals surface area contributed by atoms with Crippen LogP contribution >= 0.6 is 33.9 Å². The highest BCUT2D eigenvalue weighted by molar-refractivity contribution is 14.1. The third-order valence-electron chi connectivity index (χ3n) is 2.62. The van der Waals surface area contributed by atoms with Crippen molar-refractivity contribution < 1.29 is 0 Å². The maximum atomic E-state index is 6.26. The molecule has 2 N–H and O–H groups in total. The molecule has 0 fully saturated rings. The maximum absolute atomic E-state index is 6.26. The van der Waals surface area contributed by atoms with E-state index >= 15 is 0 Å². The van der Waals surface area contributed by atoms with Crippen molar-refractivity contribution in [3.63, 3.8) is 0 Å². The molecule has 1 unspecified atom stereocenters. The van der Waals surface area contributed by atoms with Crippen molar-refractivity contribution in [1.29, 1.82) is 0 Å². The minimum atomic E-state index is 0.102. The second kappa shape index (κ2) is 5.29. The Hall–Kier alpha value is -0.390. The van der Waals surface area contributed by atoms with Crippen LogP contribution in [0.1, 0.15) is 22.0 Å². The van der Waals surface area contributed by atoms with Gasteiger partial charge in [0.1, 0.15) is 0 Å². The molecule has 0 bridgehead atoms. The van der Waals surface area contributed by atoms with Gasteiger partial charge >= 0.3 is 0 Å². The maximum Gasteiger partial charge on any atom is 0.0354 e. The van der Waals surface area contributed by atoms with E-state index in [1.54, 1.807) is 11.3 Å². The van der Waals surface area contributed by atoms with Crippen molar-refractivity contribution in [3.8, 4) is 0 Å². The molecule has 1 aromatic carbocycles. The highest BCUT2D eigenvalue weighted by Crippen LogP contribution is 2.25. The Kier molecular flexibility index (Phi) is 4.00. The van der Waals surface area contributed by atoms with Crippen LogP contribution in [-0.4, -0.2) is 0 Å². The average molecular weight is 343 g/mol. The molecule has 0 saturated carbocycles. The van der Waals surface area contributed by atoms with Gasteiger partial charge in [0.15, 0.2) is 0 Å². The fraction of sp³-hybridized carbons (Fsp3) is 0.231. The van der Waals surface area contributed by atoms with Crippen LogP contribution in [0.2, 0.25) is 0 Å². The van der Waals surface area contributed by atoms with Gasteiger partial charge in [-0.1, -0.05) is 24.3 Å². The molecule has 1 atom stereocenters. The summed E-state index contributed by atoms with van der Waals surface area (Å²) < 4.78 is 1.30. The van der Waals surface area contributed by atoms with Crippen molar-refractivity contribution >= 4 is 33.9 Å². The Labute approximate surface area is 114 Å². The van der Waals surface area contributed by atoms with E-state index in [-0.39, 0.29) is 6.04 Å². The summed E-state index contributed by atoms with van der Waals surface area (Å²) in [6, 6.07) is 10.7. The van der Waals surface area contributed by atoms with Crippen LogP contribution in [0.3, 0.4) is 0 Å². The molecule has 0 saturated heterocycles. The average Bonchev–Trinajstić information content (AvgIpc) is 2.74. The lowest BCUT2D eigenvalue weighted by molar-refractivity contribution is 0.725. The van der Waals surface area contributed by atoms with Gasteiger partial charge in [0.2, 0.25) is 0 Å². The predicted molar refractivity (Wildman–Crippen MR) is 78.8 cm³/mol. The molecular formula is C13H14INS. The van der Waals surface area contributed by atoms with Gasteiger partial charge in [-0.3, -0.25) is 0 Å². The number of halogens is 1. The zero-order valence-corrected chi connectivity index (χ0v) is 12.1. The Morgan fingerprint density at radius 1 is 1.31 bits per heavy atom. The first-order valence-corrected chi connectivity index (χ1v) is 7.17. The van der Waals surface area contributed by atoms with E-state index in [0.29, 0.717) is 0 Å². The lowest BCUT2D eigenvalue weighted by atomic mass is 10.0. The van der Waals surface area contributed by atoms with E-state index in [1.165, 1.54) is 19.6 Å². The van der Waals surface area contributed by atoms with Crippen molar-refractivity contribution in [1.82, 2.24) is 0 Å². The number of hydrogen-bond acceptors (Lipinski definition) is 2. The third kappa shape index (κ3) is 2.64. The number of benzene rings is 1. The molecule has 1 nitrogen and oxygen atoms in total. The zero-order valence-electron chi connectivity index (χ0n) is 9.11. The Morgan fingerprint density at radius 2 is 2.12 bits per heavy atom. The quantitative estimate of drug-likeness (QED) is 0.841. The molecule has 3 heteroatoms. The van der Waals surface area contributed by atoms with Crippen molar-refractivity contribution in [2.45, 2.75) is 19.4 Å². The number of aryl methyl sites for hydroxylation is 1. The number of thiophene rings is 1. The van der Waals surface area contributed by atoms with Crippen LogP contribution in [0.25, 0.3) is 0 Å². The SMILES string of the molecule is Cc1cccc(C(N)Cc2cccs2)c1I. The number of hydrogen-bond donors (Lipinski definition) is 1. The van der Waals surface area contributed by atoms with E-state index in [4.69, 9.17) is 5.73 Å². The van der Waals surface area contributed by atoms with Crippen LogP contribution in [-0.2, 0) is 6.42 Å². The standard InChI is InChI=1S/C13H14INS/c1-9-4-2-6-11(13(9)14)12(15)8-10-5-3-7-16-10/h2-7,12H,8,15H2,1H3. The highest BCUT2D eigenvalue weighted by atomic mass is 127. The molecule has 0 aliphatic rings. The molecule has 1 aromatic heterocycles. The fourth-order valence-corrected chi connectivity index (χ4v) is 3.24. The van der Waals surface area contributed by atoms with Gasteiger partial charge in [-0.05, 0) is 52.1 Å². The summed E-state index contributed by atoms with van der Waals surface area (Å²) in [5.74, 6) is 0.